The zero-order valence-electron chi connectivity index (χ0n) is 13.6. The molecule has 132 valence electrons. The van der Waals surface area contributed by atoms with Gasteiger partial charge in [0, 0.05) is 18.0 Å². The summed E-state index contributed by atoms with van der Waals surface area (Å²) in [6.07, 6.45) is -3.27. The van der Waals surface area contributed by atoms with E-state index >= 15 is 0 Å². The lowest BCUT2D eigenvalue weighted by Gasteiger charge is -2.11. The normalized spacial score (nSPS) is 15.7. The van der Waals surface area contributed by atoms with Gasteiger partial charge >= 0.3 is 6.18 Å². The van der Waals surface area contributed by atoms with Crippen LogP contribution in [0, 0.1) is 6.92 Å². The monoisotopic (exact) mass is 351 g/mol. The van der Waals surface area contributed by atoms with Crippen molar-refractivity contribution in [3.05, 3.63) is 63.3 Å². The second kappa shape index (κ2) is 6.27. The van der Waals surface area contributed by atoms with Gasteiger partial charge in [-0.3, -0.25) is 4.79 Å². The van der Waals surface area contributed by atoms with Crippen LogP contribution < -0.4 is 10.9 Å². The van der Waals surface area contributed by atoms with Crippen LogP contribution in [-0.2, 0) is 0 Å². The molecule has 5 nitrogen and oxygen atoms in total. The lowest BCUT2D eigenvalue weighted by molar-refractivity contribution is -0.0921. The third-order valence-electron chi connectivity index (χ3n) is 4.09. The highest BCUT2D eigenvalue weighted by molar-refractivity contribution is 5.98. The number of alkyl halides is 3. The van der Waals surface area contributed by atoms with Gasteiger partial charge in [-0.1, -0.05) is 19.1 Å². The van der Waals surface area contributed by atoms with Crippen LogP contribution in [0.3, 0.4) is 0 Å². The van der Waals surface area contributed by atoms with Gasteiger partial charge in [-0.2, -0.15) is 18.3 Å². The van der Waals surface area contributed by atoms with E-state index in [2.05, 4.69) is 15.5 Å². The fourth-order valence-corrected chi connectivity index (χ4v) is 2.64. The molecule has 2 N–H and O–H groups in total. The lowest BCUT2D eigenvalue weighted by atomic mass is 9.96. The molecule has 3 rings (SSSR count). The lowest BCUT2D eigenvalue weighted by Crippen LogP contribution is -2.11. The molecule has 0 fully saturated rings. The summed E-state index contributed by atoms with van der Waals surface area (Å²) in [5.41, 5.74) is 0.948. The standard InChI is InChI=1S/C17H16F3N3O2/c1-9(15-10(2)16(24)23-25-15)11-3-5-12(6-4-11)21-14-8-7-13(22-14)17(18,19)20/h3-7,9H,8H2,1-2H3,(H,21,22)(H,23,24)/t9-/m1/s1. The molecule has 1 aliphatic heterocycles. The molecule has 0 radical (unpaired) electrons. The second-order valence-electron chi connectivity index (χ2n) is 5.84. The van der Waals surface area contributed by atoms with Crippen molar-refractivity contribution in [2.45, 2.75) is 32.4 Å². The number of amidine groups is 1. The third-order valence-corrected chi connectivity index (χ3v) is 4.09. The summed E-state index contributed by atoms with van der Waals surface area (Å²) in [6.45, 7) is 3.59. The van der Waals surface area contributed by atoms with E-state index in [0.717, 1.165) is 11.6 Å². The molecule has 2 aromatic rings. The summed E-state index contributed by atoms with van der Waals surface area (Å²) in [5, 5.41) is 5.19. The number of aromatic nitrogens is 1. The Kier molecular flexibility index (Phi) is 4.28. The van der Waals surface area contributed by atoms with Gasteiger partial charge in [0.1, 0.15) is 17.3 Å². The van der Waals surface area contributed by atoms with Crippen molar-refractivity contribution >= 4 is 11.5 Å². The fraction of sp³-hybridized carbons (Fsp3) is 0.294. The van der Waals surface area contributed by atoms with E-state index in [1.54, 1.807) is 19.1 Å². The van der Waals surface area contributed by atoms with Crippen molar-refractivity contribution in [2.24, 2.45) is 4.99 Å². The molecular weight excluding hydrogens is 335 g/mol. The zero-order valence-corrected chi connectivity index (χ0v) is 13.6. The minimum Gasteiger partial charge on any atom is -0.383 e. The maximum atomic E-state index is 12.6. The molecule has 0 unspecified atom stereocenters. The maximum absolute atomic E-state index is 12.6. The molecule has 1 atom stereocenters. The number of halogens is 3. The average Bonchev–Trinajstić information content (AvgIpc) is 3.15. The van der Waals surface area contributed by atoms with Gasteiger partial charge in [-0.25, -0.2) is 4.99 Å². The Balaban J connectivity index is 1.71. The van der Waals surface area contributed by atoms with E-state index in [-0.39, 0.29) is 23.7 Å². The van der Waals surface area contributed by atoms with Gasteiger partial charge in [0.25, 0.3) is 5.56 Å². The molecule has 1 aromatic carbocycles. The fourth-order valence-electron chi connectivity index (χ4n) is 2.64. The Morgan fingerprint density at radius 3 is 2.48 bits per heavy atom. The van der Waals surface area contributed by atoms with E-state index < -0.39 is 11.9 Å². The van der Waals surface area contributed by atoms with Crippen molar-refractivity contribution in [2.75, 3.05) is 5.32 Å². The van der Waals surface area contributed by atoms with Crippen LogP contribution in [0.5, 0.6) is 0 Å². The molecule has 2 heterocycles. The van der Waals surface area contributed by atoms with Gasteiger partial charge in [-0.05, 0) is 30.7 Å². The number of rotatable bonds is 3. The largest absolute Gasteiger partial charge is 0.433 e. The third kappa shape index (κ3) is 3.52. The number of hydrogen-bond donors (Lipinski definition) is 2. The summed E-state index contributed by atoms with van der Waals surface area (Å²) >= 11 is 0. The van der Waals surface area contributed by atoms with Crippen LogP contribution in [0.4, 0.5) is 18.9 Å². The van der Waals surface area contributed by atoms with Gasteiger partial charge in [0.05, 0.1) is 5.56 Å². The Morgan fingerprint density at radius 1 is 1.28 bits per heavy atom. The molecule has 0 amide bonds. The first-order chi connectivity index (χ1) is 11.8. The average molecular weight is 351 g/mol. The molecule has 0 saturated heterocycles. The van der Waals surface area contributed by atoms with Crippen LogP contribution in [-0.4, -0.2) is 17.2 Å². The summed E-state index contributed by atoms with van der Waals surface area (Å²) in [6, 6.07) is 7.15. The Morgan fingerprint density at radius 2 is 1.96 bits per heavy atom. The van der Waals surface area contributed by atoms with Crippen LogP contribution >= 0.6 is 0 Å². The number of benzene rings is 1. The number of hydrogen-bond acceptors (Lipinski definition) is 4. The quantitative estimate of drug-likeness (QED) is 0.875. The number of aliphatic imine (C=N–C) groups is 1. The number of H-pyrrole nitrogens is 1. The van der Waals surface area contributed by atoms with E-state index in [1.165, 1.54) is 0 Å². The molecule has 1 aromatic heterocycles. The molecule has 0 aliphatic carbocycles. The highest BCUT2D eigenvalue weighted by Gasteiger charge is 2.35. The van der Waals surface area contributed by atoms with Crippen LogP contribution in [0.2, 0.25) is 0 Å². The van der Waals surface area contributed by atoms with Gasteiger partial charge in [0.2, 0.25) is 0 Å². The summed E-state index contributed by atoms with van der Waals surface area (Å²) in [7, 11) is 0. The van der Waals surface area contributed by atoms with Gasteiger partial charge in [-0.15, -0.1) is 0 Å². The topological polar surface area (TPSA) is 70.4 Å². The van der Waals surface area contributed by atoms with Crippen LogP contribution in [0.15, 0.2) is 50.3 Å². The molecule has 0 saturated carbocycles. The van der Waals surface area contributed by atoms with Gasteiger partial charge in [0.15, 0.2) is 0 Å². The number of allylic oxidation sites excluding steroid dienone is 1. The molecule has 25 heavy (non-hydrogen) atoms. The molecule has 1 aliphatic rings. The van der Waals surface area contributed by atoms with E-state index in [9.17, 15) is 18.0 Å². The Hall–Kier alpha value is -2.77. The van der Waals surface area contributed by atoms with Crippen molar-refractivity contribution < 1.29 is 17.7 Å². The highest BCUT2D eigenvalue weighted by atomic mass is 19.4. The summed E-state index contributed by atoms with van der Waals surface area (Å²) in [5.74, 6) is 0.681. The predicted octanol–water partition coefficient (Wildman–Crippen LogP) is 4.09. The van der Waals surface area contributed by atoms with Crippen molar-refractivity contribution in [1.29, 1.82) is 0 Å². The smallest absolute Gasteiger partial charge is 0.383 e. The first kappa shape index (κ1) is 17.1. The second-order valence-corrected chi connectivity index (χ2v) is 5.84. The summed E-state index contributed by atoms with van der Waals surface area (Å²) < 4.78 is 42.9. The Labute approximate surface area is 141 Å². The highest BCUT2D eigenvalue weighted by Crippen LogP contribution is 2.31. The zero-order chi connectivity index (χ0) is 18.2. The minimum absolute atomic E-state index is 0.112. The van der Waals surface area contributed by atoms with Crippen LogP contribution in [0.1, 0.15) is 36.1 Å². The maximum Gasteiger partial charge on any atom is 0.433 e. The van der Waals surface area contributed by atoms with Crippen molar-refractivity contribution in [1.82, 2.24) is 5.16 Å². The number of nitrogens with zero attached hydrogens (tertiary/aromatic N) is 1. The van der Waals surface area contributed by atoms with E-state index in [4.69, 9.17) is 4.52 Å². The minimum atomic E-state index is -4.43. The van der Waals surface area contributed by atoms with E-state index in [0.29, 0.717) is 17.0 Å². The van der Waals surface area contributed by atoms with Gasteiger partial charge < -0.3 is 9.84 Å². The Bertz CT molecular complexity index is 889. The number of anilines is 1. The van der Waals surface area contributed by atoms with Crippen LogP contribution in [0.25, 0.3) is 0 Å². The molecule has 8 heteroatoms. The van der Waals surface area contributed by atoms with E-state index in [1.807, 2.05) is 19.1 Å². The van der Waals surface area contributed by atoms with Crippen molar-refractivity contribution in [3.8, 4) is 0 Å². The number of aromatic amines is 1. The molecule has 0 bridgehead atoms. The molecular formula is C17H16F3N3O2. The summed E-state index contributed by atoms with van der Waals surface area (Å²) in [4.78, 5) is 15.0. The first-order valence-electron chi connectivity index (χ1n) is 7.65. The molecule has 0 spiro atoms. The first-order valence-corrected chi connectivity index (χ1v) is 7.65. The number of nitrogens with one attached hydrogen (secondary N) is 2. The van der Waals surface area contributed by atoms with Crippen molar-refractivity contribution in [3.63, 3.8) is 0 Å². The SMILES string of the molecule is Cc1c([C@H](C)c2ccc(NC3=NC(C(F)(F)F)=CC3)cc2)o[nH]c1=O. The predicted molar refractivity (Wildman–Crippen MR) is 87.8 cm³/mol.